The molecule has 0 aliphatic rings. The lowest BCUT2D eigenvalue weighted by molar-refractivity contribution is -0.119. The third-order valence-corrected chi connectivity index (χ3v) is 4.50. The van der Waals surface area contributed by atoms with Crippen molar-refractivity contribution in [2.75, 3.05) is 6.54 Å². The lowest BCUT2D eigenvalue weighted by Gasteiger charge is -2.06. The molecule has 2 aromatic carbocycles. The van der Waals surface area contributed by atoms with Crippen LogP contribution in [0.5, 0.6) is 0 Å². The third kappa shape index (κ3) is 4.97. The summed E-state index contributed by atoms with van der Waals surface area (Å²) in [6.45, 7) is 1.19. The molecule has 6 nitrogen and oxygen atoms in total. The van der Waals surface area contributed by atoms with Gasteiger partial charge in [0, 0.05) is 0 Å². The van der Waals surface area contributed by atoms with Crippen LogP contribution in [0.1, 0.15) is 12.5 Å². The van der Waals surface area contributed by atoms with Gasteiger partial charge >= 0.3 is 0 Å². The summed E-state index contributed by atoms with van der Waals surface area (Å²) < 4.78 is 39.0. The van der Waals surface area contributed by atoms with Crippen LogP contribution >= 0.6 is 0 Å². The van der Waals surface area contributed by atoms with E-state index in [4.69, 9.17) is 0 Å². The van der Waals surface area contributed by atoms with Gasteiger partial charge in [-0.25, -0.2) is 23.0 Å². The number of hydrazone groups is 1. The highest BCUT2D eigenvalue weighted by Crippen LogP contribution is 2.06. The molecule has 0 saturated heterocycles. The van der Waals surface area contributed by atoms with Crippen LogP contribution < -0.4 is 10.1 Å². The van der Waals surface area contributed by atoms with Crippen molar-refractivity contribution in [1.29, 1.82) is 0 Å². The molecule has 8 heteroatoms. The molecule has 2 N–H and O–H groups in total. The van der Waals surface area contributed by atoms with Gasteiger partial charge in [-0.3, -0.25) is 4.79 Å². The van der Waals surface area contributed by atoms with Gasteiger partial charge in [0.1, 0.15) is 5.82 Å². The summed E-state index contributed by atoms with van der Waals surface area (Å²) in [6.07, 6.45) is 0. The number of rotatable bonds is 6. The van der Waals surface area contributed by atoms with Gasteiger partial charge in [0.05, 0.1) is 17.2 Å². The summed E-state index contributed by atoms with van der Waals surface area (Å²) >= 11 is 0. The van der Waals surface area contributed by atoms with Crippen molar-refractivity contribution in [3.63, 3.8) is 0 Å². The minimum Gasteiger partial charge on any atom is -0.272 e. The largest absolute Gasteiger partial charge is 0.272 e. The predicted octanol–water partition coefficient (Wildman–Crippen LogP) is 1.64. The van der Waals surface area contributed by atoms with Crippen LogP contribution in [-0.2, 0) is 14.8 Å². The zero-order valence-corrected chi connectivity index (χ0v) is 13.7. The molecule has 1 amide bonds. The second-order valence-corrected chi connectivity index (χ2v) is 6.64. The monoisotopic (exact) mass is 349 g/mol. The number of hydrogen-bond donors (Lipinski definition) is 2. The molecule has 24 heavy (non-hydrogen) atoms. The van der Waals surface area contributed by atoms with Gasteiger partial charge < -0.3 is 0 Å². The highest BCUT2D eigenvalue weighted by Gasteiger charge is 2.14. The fourth-order valence-corrected chi connectivity index (χ4v) is 2.79. The summed E-state index contributed by atoms with van der Waals surface area (Å²) in [4.78, 5) is 11.8. The summed E-state index contributed by atoms with van der Waals surface area (Å²) in [7, 11) is -3.75. The van der Waals surface area contributed by atoms with Crippen LogP contribution in [0.25, 0.3) is 0 Å². The average Bonchev–Trinajstić information content (AvgIpc) is 2.59. The molecule has 0 aliphatic carbocycles. The fraction of sp³-hybridized carbons (Fsp3) is 0.125. The molecule has 126 valence electrons. The molecule has 2 aromatic rings. The lowest BCUT2D eigenvalue weighted by atomic mass is 10.1. The molecule has 0 unspecified atom stereocenters. The van der Waals surface area contributed by atoms with Crippen LogP contribution in [0.2, 0.25) is 0 Å². The summed E-state index contributed by atoms with van der Waals surface area (Å²) in [5.41, 5.74) is 3.36. The van der Waals surface area contributed by atoms with Gasteiger partial charge in [0.25, 0.3) is 5.91 Å². The first-order chi connectivity index (χ1) is 11.4. The summed E-state index contributed by atoms with van der Waals surface area (Å²) in [5.74, 6) is -0.984. The number of nitrogens with one attached hydrogen (secondary N) is 2. The van der Waals surface area contributed by atoms with E-state index in [1.807, 2.05) is 0 Å². The lowest BCUT2D eigenvalue weighted by Crippen LogP contribution is -2.35. The van der Waals surface area contributed by atoms with E-state index in [0.717, 1.165) is 0 Å². The van der Waals surface area contributed by atoms with E-state index in [2.05, 4.69) is 15.2 Å². The van der Waals surface area contributed by atoms with Crippen molar-refractivity contribution >= 4 is 21.6 Å². The molecular formula is C16H16FN3O3S. The third-order valence-electron chi connectivity index (χ3n) is 3.09. The first-order valence-electron chi connectivity index (χ1n) is 7.02. The van der Waals surface area contributed by atoms with E-state index in [-0.39, 0.29) is 10.7 Å². The Labute approximate surface area is 139 Å². The first-order valence-corrected chi connectivity index (χ1v) is 8.50. The number of halogens is 1. The maximum atomic E-state index is 12.8. The van der Waals surface area contributed by atoms with E-state index >= 15 is 0 Å². The van der Waals surface area contributed by atoms with Crippen LogP contribution in [-0.4, -0.2) is 26.6 Å². The molecule has 2 rings (SSSR count). The quantitative estimate of drug-likeness (QED) is 0.614. The molecule has 0 saturated carbocycles. The standard InChI is InChI=1S/C16H16FN3O3S/c1-12(13-7-9-14(17)10-8-13)19-20-16(21)11-18-24(22,23)15-5-3-2-4-6-15/h2-10,18H,11H2,1H3,(H,20,21)/b19-12-. The predicted molar refractivity (Wildman–Crippen MR) is 88.4 cm³/mol. The Morgan fingerprint density at radius 3 is 2.33 bits per heavy atom. The van der Waals surface area contributed by atoms with Crippen LogP contribution in [0.4, 0.5) is 4.39 Å². The normalized spacial score (nSPS) is 12.0. The van der Waals surface area contributed by atoms with Gasteiger partial charge in [0.15, 0.2) is 0 Å². The topological polar surface area (TPSA) is 87.6 Å². The van der Waals surface area contributed by atoms with Crippen molar-refractivity contribution in [3.8, 4) is 0 Å². The SMILES string of the molecule is C/C(=N/NC(=O)CNS(=O)(=O)c1ccccc1)c1ccc(F)cc1. The zero-order chi connectivity index (χ0) is 17.6. The van der Waals surface area contributed by atoms with Crippen LogP contribution in [0.3, 0.4) is 0 Å². The minimum atomic E-state index is -3.75. The van der Waals surface area contributed by atoms with E-state index in [9.17, 15) is 17.6 Å². The van der Waals surface area contributed by atoms with Gasteiger partial charge in [-0.1, -0.05) is 30.3 Å². The Balaban J connectivity index is 1.91. The number of benzene rings is 2. The Morgan fingerprint density at radius 1 is 1.08 bits per heavy atom. The molecule has 0 atom stereocenters. The molecular weight excluding hydrogens is 333 g/mol. The van der Waals surface area contributed by atoms with Crippen LogP contribution in [0.15, 0.2) is 64.6 Å². The Morgan fingerprint density at radius 2 is 1.71 bits per heavy atom. The van der Waals surface area contributed by atoms with Gasteiger partial charge in [-0.05, 0) is 36.8 Å². The molecule has 0 aliphatic heterocycles. The zero-order valence-electron chi connectivity index (χ0n) is 12.9. The van der Waals surface area contributed by atoms with Gasteiger partial charge in [0.2, 0.25) is 10.0 Å². The van der Waals surface area contributed by atoms with Crippen molar-refractivity contribution in [1.82, 2.24) is 10.1 Å². The van der Waals surface area contributed by atoms with Gasteiger partial charge in [-0.15, -0.1) is 0 Å². The number of carbonyl (C=O) groups is 1. The summed E-state index contributed by atoms with van der Waals surface area (Å²) in [6, 6.07) is 13.3. The smallest absolute Gasteiger partial charge is 0.255 e. The highest BCUT2D eigenvalue weighted by molar-refractivity contribution is 7.89. The molecule has 0 aromatic heterocycles. The second-order valence-electron chi connectivity index (χ2n) is 4.88. The fourth-order valence-electron chi connectivity index (χ4n) is 1.78. The van der Waals surface area contributed by atoms with Crippen molar-refractivity contribution < 1.29 is 17.6 Å². The van der Waals surface area contributed by atoms with Crippen molar-refractivity contribution in [2.45, 2.75) is 11.8 Å². The molecule has 0 spiro atoms. The molecule has 0 bridgehead atoms. The number of amides is 1. The number of hydrogen-bond acceptors (Lipinski definition) is 4. The summed E-state index contributed by atoms with van der Waals surface area (Å²) in [5, 5.41) is 3.86. The van der Waals surface area contributed by atoms with Crippen LogP contribution in [0, 0.1) is 5.82 Å². The van der Waals surface area contributed by atoms with Crippen molar-refractivity contribution in [3.05, 3.63) is 66.0 Å². The maximum Gasteiger partial charge on any atom is 0.255 e. The minimum absolute atomic E-state index is 0.0730. The molecule has 0 radical (unpaired) electrons. The molecule has 0 fully saturated rings. The highest BCUT2D eigenvalue weighted by atomic mass is 32.2. The number of carbonyl (C=O) groups excluding carboxylic acids is 1. The first kappa shape index (κ1) is 17.8. The van der Waals surface area contributed by atoms with Crippen molar-refractivity contribution in [2.24, 2.45) is 5.10 Å². The second kappa shape index (κ2) is 7.80. The Bertz CT molecular complexity index is 835. The van der Waals surface area contributed by atoms with E-state index < -0.39 is 22.5 Å². The van der Waals surface area contributed by atoms with E-state index in [1.54, 1.807) is 25.1 Å². The van der Waals surface area contributed by atoms with E-state index in [1.165, 1.54) is 36.4 Å². The average molecular weight is 349 g/mol. The Hall–Kier alpha value is -2.58. The molecule has 0 heterocycles. The number of sulfonamides is 1. The van der Waals surface area contributed by atoms with Gasteiger partial charge in [-0.2, -0.15) is 5.10 Å². The Kier molecular flexibility index (Phi) is 5.78. The number of nitrogens with zero attached hydrogens (tertiary/aromatic N) is 1. The maximum absolute atomic E-state index is 12.8. The van der Waals surface area contributed by atoms with E-state index in [0.29, 0.717) is 11.3 Å².